The Kier molecular flexibility index (Phi) is 7.20. The number of rotatable bonds is 8. The van der Waals surface area contributed by atoms with Crippen LogP contribution in [0.4, 0.5) is 4.79 Å². The predicted octanol–water partition coefficient (Wildman–Crippen LogP) is 0.344. The van der Waals surface area contributed by atoms with Gasteiger partial charge in [0, 0.05) is 19.7 Å². The van der Waals surface area contributed by atoms with Crippen molar-refractivity contribution in [3.05, 3.63) is 0 Å². The first-order chi connectivity index (χ1) is 9.11. The molecule has 7 nitrogen and oxygen atoms in total. The normalized spacial score (nSPS) is 22.2. The van der Waals surface area contributed by atoms with Crippen LogP contribution in [0.15, 0.2) is 0 Å². The molecule has 0 bridgehead atoms. The van der Waals surface area contributed by atoms with E-state index in [4.69, 9.17) is 14.6 Å². The third-order valence-corrected chi connectivity index (χ3v) is 3.05. The van der Waals surface area contributed by atoms with Crippen molar-refractivity contribution in [3.8, 4) is 0 Å². The number of methoxy groups -OCH3 is 1. The van der Waals surface area contributed by atoms with E-state index in [0.29, 0.717) is 13.2 Å². The van der Waals surface area contributed by atoms with Gasteiger partial charge in [-0.2, -0.15) is 0 Å². The van der Waals surface area contributed by atoms with Crippen LogP contribution >= 0.6 is 0 Å². The summed E-state index contributed by atoms with van der Waals surface area (Å²) in [7, 11) is 1.68. The van der Waals surface area contributed by atoms with Crippen molar-refractivity contribution >= 4 is 12.0 Å². The molecule has 1 fully saturated rings. The lowest BCUT2D eigenvalue weighted by atomic mass is 10.2. The van der Waals surface area contributed by atoms with Gasteiger partial charge in [0.2, 0.25) is 0 Å². The molecule has 1 aliphatic rings. The molecule has 0 aliphatic heterocycles. The van der Waals surface area contributed by atoms with Crippen molar-refractivity contribution in [2.45, 2.75) is 37.8 Å². The van der Waals surface area contributed by atoms with Gasteiger partial charge in [-0.1, -0.05) is 0 Å². The fourth-order valence-electron chi connectivity index (χ4n) is 2.02. The average Bonchev–Trinajstić information content (AvgIpc) is 2.81. The van der Waals surface area contributed by atoms with Crippen molar-refractivity contribution in [1.82, 2.24) is 10.6 Å². The molecule has 2 atom stereocenters. The van der Waals surface area contributed by atoms with E-state index in [1.165, 1.54) is 0 Å². The van der Waals surface area contributed by atoms with Gasteiger partial charge in [0.25, 0.3) is 0 Å². The van der Waals surface area contributed by atoms with Gasteiger partial charge in [0.05, 0.1) is 25.7 Å². The molecule has 0 aromatic rings. The summed E-state index contributed by atoms with van der Waals surface area (Å²) in [4.78, 5) is 21.7. The monoisotopic (exact) mass is 274 g/mol. The number of carboxylic acid groups (broad SMARTS) is 1. The zero-order valence-corrected chi connectivity index (χ0v) is 11.2. The molecule has 0 aromatic carbocycles. The average molecular weight is 274 g/mol. The van der Waals surface area contributed by atoms with Crippen molar-refractivity contribution in [3.63, 3.8) is 0 Å². The van der Waals surface area contributed by atoms with Crippen molar-refractivity contribution < 1.29 is 24.2 Å². The third kappa shape index (κ3) is 6.97. The first-order valence-electron chi connectivity index (χ1n) is 6.48. The molecular weight excluding hydrogens is 252 g/mol. The SMILES string of the molecule is COC1CCC(NC(=O)NCCOCCC(=O)O)C1. The second-order valence-corrected chi connectivity index (χ2v) is 4.52. The standard InChI is InChI=1S/C12H22N2O5/c1-18-10-3-2-9(8-10)14-12(17)13-5-7-19-6-4-11(15)16/h9-10H,2-8H2,1H3,(H,15,16)(H2,13,14,17). The minimum absolute atomic E-state index is 0.0212. The van der Waals surface area contributed by atoms with Crippen LogP contribution in [0.1, 0.15) is 25.7 Å². The molecule has 0 spiro atoms. The van der Waals surface area contributed by atoms with Gasteiger partial charge in [0.15, 0.2) is 0 Å². The highest BCUT2D eigenvalue weighted by Crippen LogP contribution is 2.21. The van der Waals surface area contributed by atoms with Crippen LogP contribution in [0.5, 0.6) is 0 Å². The largest absolute Gasteiger partial charge is 0.481 e. The summed E-state index contributed by atoms with van der Waals surface area (Å²) >= 11 is 0. The van der Waals surface area contributed by atoms with Crippen LogP contribution in [0.2, 0.25) is 0 Å². The molecule has 19 heavy (non-hydrogen) atoms. The van der Waals surface area contributed by atoms with Gasteiger partial charge < -0.3 is 25.2 Å². The van der Waals surface area contributed by atoms with E-state index < -0.39 is 5.97 Å². The highest BCUT2D eigenvalue weighted by atomic mass is 16.5. The summed E-state index contributed by atoms with van der Waals surface area (Å²) in [6, 6.07) is -0.0542. The van der Waals surface area contributed by atoms with E-state index in [9.17, 15) is 9.59 Å². The van der Waals surface area contributed by atoms with Gasteiger partial charge in [-0.15, -0.1) is 0 Å². The number of nitrogens with one attached hydrogen (secondary N) is 2. The number of carbonyl (C=O) groups excluding carboxylic acids is 1. The van der Waals surface area contributed by atoms with Gasteiger partial charge in [0.1, 0.15) is 0 Å². The highest BCUT2D eigenvalue weighted by molar-refractivity contribution is 5.74. The number of hydrogen-bond acceptors (Lipinski definition) is 4. The first kappa shape index (κ1) is 15.7. The molecule has 7 heteroatoms. The molecule has 0 radical (unpaired) electrons. The van der Waals surface area contributed by atoms with Crippen LogP contribution in [0, 0.1) is 0 Å². The molecule has 1 rings (SSSR count). The molecule has 2 amide bonds. The molecule has 0 saturated heterocycles. The van der Waals surface area contributed by atoms with E-state index in [1.807, 2.05) is 0 Å². The van der Waals surface area contributed by atoms with Gasteiger partial charge in [-0.25, -0.2) is 4.79 Å². The van der Waals surface area contributed by atoms with Crippen LogP contribution < -0.4 is 10.6 Å². The topological polar surface area (TPSA) is 96.9 Å². The van der Waals surface area contributed by atoms with Crippen LogP contribution in [0.3, 0.4) is 0 Å². The number of aliphatic carboxylic acids is 1. The Hall–Kier alpha value is -1.34. The van der Waals surface area contributed by atoms with Crippen molar-refractivity contribution in [1.29, 1.82) is 0 Å². The number of ether oxygens (including phenoxy) is 2. The fraction of sp³-hybridized carbons (Fsp3) is 0.833. The maximum absolute atomic E-state index is 11.5. The Morgan fingerprint density at radius 3 is 2.74 bits per heavy atom. The summed E-state index contributed by atoms with van der Waals surface area (Å²) in [5.41, 5.74) is 0. The Morgan fingerprint density at radius 2 is 2.11 bits per heavy atom. The Bertz CT molecular complexity index is 298. The number of carbonyl (C=O) groups is 2. The van der Waals surface area contributed by atoms with Gasteiger partial charge in [-0.05, 0) is 19.3 Å². The minimum atomic E-state index is -0.889. The first-order valence-corrected chi connectivity index (χ1v) is 6.48. The van der Waals surface area contributed by atoms with E-state index in [-0.39, 0.29) is 31.2 Å². The number of hydrogen-bond donors (Lipinski definition) is 3. The number of carboxylic acids is 1. The van der Waals surface area contributed by atoms with E-state index in [0.717, 1.165) is 19.3 Å². The second kappa shape index (κ2) is 8.71. The molecule has 0 heterocycles. The van der Waals surface area contributed by atoms with Crippen LogP contribution in [0.25, 0.3) is 0 Å². The lowest BCUT2D eigenvalue weighted by Crippen LogP contribution is -2.42. The molecule has 3 N–H and O–H groups in total. The lowest BCUT2D eigenvalue weighted by molar-refractivity contribution is -0.138. The van der Waals surface area contributed by atoms with Crippen LogP contribution in [-0.4, -0.2) is 56.1 Å². The third-order valence-electron chi connectivity index (χ3n) is 3.05. The van der Waals surface area contributed by atoms with Crippen LogP contribution in [-0.2, 0) is 14.3 Å². The molecule has 1 aliphatic carbocycles. The summed E-state index contributed by atoms with van der Waals surface area (Å²) in [6.45, 7) is 0.842. The van der Waals surface area contributed by atoms with E-state index >= 15 is 0 Å². The van der Waals surface area contributed by atoms with Crippen molar-refractivity contribution in [2.75, 3.05) is 26.9 Å². The summed E-state index contributed by atoms with van der Waals surface area (Å²) in [5, 5.41) is 13.9. The van der Waals surface area contributed by atoms with E-state index in [2.05, 4.69) is 10.6 Å². The summed E-state index contributed by atoms with van der Waals surface area (Å²) in [5.74, 6) is -0.889. The number of amides is 2. The summed E-state index contributed by atoms with van der Waals surface area (Å²) < 4.78 is 10.3. The Morgan fingerprint density at radius 1 is 1.32 bits per heavy atom. The quantitative estimate of drug-likeness (QED) is 0.555. The fourth-order valence-corrected chi connectivity index (χ4v) is 2.02. The number of urea groups is 1. The Balaban J connectivity index is 1.98. The molecule has 0 aromatic heterocycles. The Labute approximate surface area is 112 Å². The van der Waals surface area contributed by atoms with E-state index in [1.54, 1.807) is 7.11 Å². The maximum atomic E-state index is 11.5. The van der Waals surface area contributed by atoms with Gasteiger partial charge >= 0.3 is 12.0 Å². The molecule has 1 saturated carbocycles. The zero-order chi connectivity index (χ0) is 14.1. The lowest BCUT2D eigenvalue weighted by Gasteiger charge is -2.13. The molecule has 110 valence electrons. The minimum Gasteiger partial charge on any atom is -0.481 e. The highest BCUT2D eigenvalue weighted by Gasteiger charge is 2.25. The summed E-state index contributed by atoms with van der Waals surface area (Å²) in [6.07, 6.45) is 2.97. The second-order valence-electron chi connectivity index (χ2n) is 4.52. The van der Waals surface area contributed by atoms with Gasteiger partial charge in [-0.3, -0.25) is 4.79 Å². The molecular formula is C12H22N2O5. The zero-order valence-electron chi connectivity index (χ0n) is 11.2. The smallest absolute Gasteiger partial charge is 0.315 e. The van der Waals surface area contributed by atoms with Crippen molar-refractivity contribution in [2.24, 2.45) is 0 Å². The molecule has 2 unspecified atom stereocenters. The maximum Gasteiger partial charge on any atom is 0.315 e. The predicted molar refractivity (Wildman–Crippen MR) is 68.0 cm³/mol.